The lowest BCUT2D eigenvalue weighted by atomic mass is 9.85. The van der Waals surface area contributed by atoms with E-state index in [2.05, 4.69) is 12.8 Å². The number of nitrogens with zero attached hydrogens (tertiary/aromatic N) is 1. The monoisotopic (exact) mass is 237 g/mol. The maximum Gasteiger partial charge on any atom is 0.410 e. The van der Waals surface area contributed by atoms with Gasteiger partial charge in [0.1, 0.15) is 5.60 Å². The van der Waals surface area contributed by atoms with Crippen LogP contribution in [0.25, 0.3) is 0 Å². The molecule has 17 heavy (non-hydrogen) atoms. The van der Waals surface area contributed by atoms with Crippen molar-refractivity contribution < 1.29 is 9.53 Å². The van der Waals surface area contributed by atoms with Gasteiger partial charge in [-0.1, -0.05) is 6.92 Å². The van der Waals surface area contributed by atoms with Gasteiger partial charge in [0.25, 0.3) is 0 Å². The summed E-state index contributed by atoms with van der Waals surface area (Å²) in [5, 5.41) is 0. The zero-order valence-electron chi connectivity index (χ0n) is 11.3. The zero-order chi connectivity index (χ0) is 13.1. The minimum absolute atomic E-state index is 0.205. The lowest BCUT2D eigenvalue weighted by molar-refractivity contribution is 0.0120. The third kappa shape index (κ3) is 4.30. The molecule has 1 aliphatic heterocycles. The van der Waals surface area contributed by atoms with Crippen molar-refractivity contribution in [2.24, 2.45) is 11.8 Å². The fraction of sp³-hybridized carbons (Fsp3) is 0.786. The van der Waals surface area contributed by atoms with Crippen molar-refractivity contribution in [2.75, 3.05) is 13.1 Å². The summed E-state index contributed by atoms with van der Waals surface area (Å²) in [5.41, 5.74) is -0.421. The SMILES string of the molecule is C#CCC1CCN(C(=O)OC(C)(C)C)CC1C. The molecule has 96 valence electrons. The number of carbonyl (C=O) groups is 1. The molecule has 0 aromatic rings. The van der Waals surface area contributed by atoms with E-state index in [1.807, 2.05) is 20.8 Å². The van der Waals surface area contributed by atoms with E-state index in [1.165, 1.54) is 0 Å². The van der Waals surface area contributed by atoms with Gasteiger partial charge in [-0.15, -0.1) is 12.3 Å². The molecule has 3 nitrogen and oxygen atoms in total. The first kappa shape index (κ1) is 13.9. The van der Waals surface area contributed by atoms with Gasteiger partial charge in [0.15, 0.2) is 0 Å². The van der Waals surface area contributed by atoms with Crippen LogP contribution in [0.2, 0.25) is 0 Å². The Kier molecular flexibility index (Phi) is 4.45. The molecule has 1 rings (SSSR count). The van der Waals surface area contributed by atoms with E-state index in [9.17, 15) is 4.79 Å². The van der Waals surface area contributed by atoms with E-state index in [4.69, 9.17) is 11.2 Å². The Morgan fingerprint density at radius 2 is 2.18 bits per heavy atom. The molecule has 0 spiro atoms. The van der Waals surface area contributed by atoms with Gasteiger partial charge in [-0.25, -0.2) is 4.79 Å². The number of amides is 1. The van der Waals surface area contributed by atoms with E-state index in [0.29, 0.717) is 11.8 Å². The number of terminal acetylenes is 1. The molecule has 0 N–H and O–H groups in total. The molecular weight excluding hydrogens is 214 g/mol. The Balaban J connectivity index is 2.50. The highest BCUT2D eigenvalue weighted by molar-refractivity contribution is 5.68. The first-order valence-electron chi connectivity index (χ1n) is 6.25. The standard InChI is InChI=1S/C14H23NO2/c1-6-7-12-8-9-15(10-11(12)2)13(16)17-14(3,4)5/h1,11-12H,7-10H2,2-5H3. The average Bonchev–Trinajstić information content (AvgIpc) is 2.18. The van der Waals surface area contributed by atoms with Crippen molar-refractivity contribution in [1.82, 2.24) is 4.90 Å². The lowest BCUT2D eigenvalue weighted by Crippen LogP contribution is -2.45. The van der Waals surface area contributed by atoms with E-state index in [0.717, 1.165) is 25.9 Å². The summed E-state index contributed by atoms with van der Waals surface area (Å²) in [4.78, 5) is 13.7. The average molecular weight is 237 g/mol. The van der Waals surface area contributed by atoms with E-state index < -0.39 is 5.60 Å². The maximum absolute atomic E-state index is 11.9. The molecule has 1 fully saturated rings. The molecule has 0 bridgehead atoms. The summed E-state index contributed by atoms with van der Waals surface area (Å²) in [6.07, 6.45) is 6.92. The molecular formula is C14H23NO2. The van der Waals surface area contributed by atoms with Gasteiger partial charge in [0.05, 0.1) is 0 Å². The first-order chi connectivity index (χ1) is 7.83. The Morgan fingerprint density at radius 3 is 2.65 bits per heavy atom. The smallest absolute Gasteiger partial charge is 0.410 e. The second-order valence-corrected chi connectivity index (χ2v) is 5.86. The summed E-state index contributed by atoms with van der Waals surface area (Å²) < 4.78 is 5.37. The fourth-order valence-electron chi connectivity index (χ4n) is 2.14. The molecule has 0 radical (unpaired) electrons. The zero-order valence-corrected chi connectivity index (χ0v) is 11.3. The second-order valence-electron chi connectivity index (χ2n) is 5.86. The molecule has 1 aliphatic rings. The van der Waals surface area contributed by atoms with Gasteiger partial charge in [-0.3, -0.25) is 0 Å². The van der Waals surface area contributed by atoms with Crippen LogP contribution in [-0.2, 0) is 4.74 Å². The topological polar surface area (TPSA) is 29.5 Å². The van der Waals surface area contributed by atoms with Crippen molar-refractivity contribution in [3.63, 3.8) is 0 Å². The number of piperidine rings is 1. The summed E-state index contributed by atoms with van der Waals surface area (Å²) in [5.74, 6) is 3.71. The summed E-state index contributed by atoms with van der Waals surface area (Å²) >= 11 is 0. The predicted molar refractivity (Wildman–Crippen MR) is 68.5 cm³/mol. The van der Waals surface area contributed by atoms with Crippen molar-refractivity contribution in [3.8, 4) is 12.3 Å². The summed E-state index contributed by atoms with van der Waals surface area (Å²) in [6.45, 7) is 9.32. The first-order valence-corrected chi connectivity index (χ1v) is 6.25. The Bertz CT molecular complexity index is 311. The third-order valence-electron chi connectivity index (χ3n) is 3.11. The molecule has 1 amide bonds. The number of rotatable bonds is 1. The van der Waals surface area contributed by atoms with Crippen LogP contribution in [0.1, 0.15) is 40.5 Å². The van der Waals surface area contributed by atoms with Crippen molar-refractivity contribution in [1.29, 1.82) is 0 Å². The number of ether oxygens (including phenoxy) is 1. The third-order valence-corrected chi connectivity index (χ3v) is 3.11. The highest BCUT2D eigenvalue weighted by Crippen LogP contribution is 2.26. The van der Waals surface area contributed by atoms with Crippen LogP contribution in [-0.4, -0.2) is 29.7 Å². The van der Waals surface area contributed by atoms with Crippen molar-refractivity contribution in [2.45, 2.75) is 46.1 Å². The number of hydrogen-bond acceptors (Lipinski definition) is 2. The van der Waals surface area contributed by atoms with Gasteiger partial charge < -0.3 is 9.64 Å². The highest BCUT2D eigenvalue weighted by Gasteiger charge is 2.30. The van der Waals surface area contributed by atoms with Gasteiger partial charge in [-0.05, 0) is 39.0 Å². The molecule has 1 heterocycles. The molecule has 0 saturated carbocycles. The van der Waals surface area contributed by atoms with Gasteiger partial charge >= 0.3 is 6.09 Å². The van der Waals surface area contributed by atoms with Crippen LogP contribution in [0.3, 0.4) is 0 Å². The predicted octanol–water partition coefficient (Wildman–Crippen LogP) is 2.90. The van der Waals surface area contributed by atoms with E-state index >= 15 is 0 Å². The Hall–Kier alpha value is -1.17. The molecule has 1 saturated heterocycles. The number of hydrogen-bond donors (Lipinski definition) is 0. The number of likely N-dealkylation sites (tertiary alicyclic amines) is 1. The minimum Gasteiger partial charge on any atom is -0.444 e. The van der Waals surface area contributed by atoms with Crippen LogP contribution < -0.4 is 0 Å². The number of carbonyl (C=O) groups excluding carboxylic acids is 1. The van der Waals surface area contributed by atoms with Gasteiger partial charge in [0.2, 0.25) is 0 Å². The molecule has 2 unspecified atom stereocenters. The molecule has 2 atom stereocenters. The van der Waals surface area contributed by atoms with Crippen LogP contribution in [0.15, 0.2) is 0 Å². The summed E-state index contributed by atoms with van der Waals surface area (Å²) in [7, 11) is 0. The van der Waals surface area contributed by atoms with Gasteiger partial charge in [0, 0.05) is 19.5 Å². The van der Waals surface area contributed by atoms with Crippen LogP contribution >= 0.6 is 0 Å². The molecule has 0 aromatic carbocycles. The van der Waals surface area contributed by atoms with E-state index in [1.54, 1.807) is 4.90 Å². The highest BCUT2D eigenvalue weighted by atomic mass is 16.6. The van der Waals surface area contributed by atoms with Crippen molar-refractivity contribution >= 4 is 6.09 Å². The molecule has 0 aromatic heterocycles. The molecule has 3 heteroatoms. The van der Waals surface area contributed by atoms with Crippen molar-refractivity contribution in [3.05, 3.63) is 0 Å². The Morgan fingerprint density at radius 1 is 1.53 bits per heavy atom. The summed E-state index contributed by atoms with van der Waals surface area (Å²) in [6, 6.07) is 0. The van der Waals surface area contributed by atoms with Crippen LogP contribution in [0.5, 0.6) is 0 Å². The fourth-order valence-corrected chi connectivity index (χ4v) is 2.14. The normalized spacial score (nSPS) is 25.2. The lowest BCUT2D eigenvalue weighted by Gasteiger charge is -2.37. The van der Waals surface area contributed by atoms with Crippen LogP contribution in [0.4, 0.5) is 4.79 Å². The van der Waals surface area contributed by atoms with Gasteiger partial charge in [-0.2, -0.15) is 0 Å². The van der Waals surface area contributed by atoms with E-state index in [-0.39, 0.29) is 6.09 Å². The quantitative estimate of drug-likeness (QED) is 0.656. The van der Waals surface area contributed by atoms with Crippen LogP contribution in [0, 0.1) is 24.2 Å². The molecule has 0 aliphatic carbocycles. The Labute approximate surface area is 105 Å². The maximum atomic E-state index is 11.9. The largest absolute Gasteiger partial charge is 0.444 e. The second kappa shape index (κ2) is 5.44. The minimum atomic E-state index is -0.421.